The molecule has 0 atom stereocenters. The van der Waals surface area contributed by atoms with Crippen molar-refractivity contribution in [3.05, 3.63) is 35.9 Å². The number of likely N-dealkylation sites (N-methyl/N-ethyl adjacent to an activating group) is 1. The highest BCUT2D eigenvalue weighted by molar-refractivity contribution is 5.78. The lowest BCUT2D eigenvalue weighted by Gasteiger charge is -2.32. The monoisotopic (exact) mass is 319 g/mol. The summed E-state index contributed by atoms with van der Waals surface area (Å²) in [6.07, 6.45) is 0.315. The van der Waals surface area contributed by atoms with Crippen LogP contribution in [0.15, 0.2) is 30.3 Å². The van der Waals surface area contributed by atoms with Crippen molar-refractivity contribution in [1.29, 1.82) is 0 Å². The van der Waals surface area contributed by atoms with Gasteiger partial charge in [-0.25, -0.2) is 0 Å². The van der Waals surface area contributed by atoms with Crippen LogP contribution >= 0.6 is 0 Å². The first-order valence-corrected chi connectivity index (χ1v) is 7.96. The van der Waals surface area contributed by atoms with Crippen molar-refractivity contribution in [3.8, 4) is 0 Å². The second-order valence-corrected chi connectivity index (χ2v) is 6.66. The van der Waals surface area contributed by atoms with Crippen LogP contribution in [-0.4, -0.2) is 54.3 Å². The van der Waals surface area contributed by atoms with Crippen LogP contribution in [0.5, 0.6) is 0 Å². The van der Waals surface area contributed by atoms with E-state index in [0.29, 0.717) is 26.1 Å². The maximum Gasteiger partial charge on any atom is 0.221 e. The first-order chi connectivity index (χ1) is 10.7. The summed E-state index contributed by atoms with van der Waals surface area (Å²) in [7, 11) is 3.98. The van der Waals surface area contributed by atoms with Crippen LogP contribution in [0.2, 0.25) is 0 Å². The topological polar surface area (TPSA) is 52.7 Å². The maximum absolute atomic E-state index is 12.0. The van der Waals surface area contributed by atoms with Gasteiger partial charge < -0.3 is 15.1 Å². The van der Waals surface area contributed by atoms with Crippen LogP contribution in [0, 0.1) is 0 Å². The van der Waals surface area contributed by atoms with E-state index in [9.17, 15) is 9.59 Å². The lowest BCUT2D eigenvalue weighted by Crippen LogP contribution is -2.48. The van der Waals surface area contributed by atoms with Gasteiger partial charge in [0.15, 0.2) is 0 Å². The first kappa shape index (κ1) is 19.2. The smallest absolute Gasteiger partial charge is 0.221 e. The molecule has 0 saturated carbocycles. The van der Waals surface area contributed by atoms with Crippen LogP contribution in [0.25, 0.3) is 0 Å². The van der Waals surface area contributed by atoms with Gasteiger partial charge >= 0.3 is 0 Å². The molecule has 0 unspecified atom stereocenters. The van der Waals surface area contributed by atoms with Crippen molar-refractivity contribution >= 4 is 11.8 Å². The molecule has 2 amide bonds. The van der Waals surface area contributed by atoms with Crippen LogP contribution in [0.1, 0.15) is 32.8 Å². The van der Waals surface area contributed by atoms with Gasteiger partial charge in [0.1, 0.15) is 0 Å². The molecule has 1 N–H and O–H groups in total. The molecule has 0 fully saturated rings. The summed E-state index contributed by atoms with van der Waals surface area (Å²) in [5.41, 5.74) is 0.969. The summed E-state index contributed by atoms with van der Waals surface area (Å²) < 4.78 is 0. The molecule has 0 radical (unpaired) electrons. The Kier molecular flexibility index (Phi) is 7.23. The van der Waals surface area contributed by atoms with Gasteiger partial charge in [0.05, 0.1) is 0 Å². The zero-order chi connectivity index (χ0) is 17.5. The van der Waals surface area contributed by atoms with Gasteiger partial charge in [0, 0.05) is 38.5 Å². The minimum atomic E-state index is -0.0973. The normalized spacial score (nSPS) is 11.4. The van der Waals surface area contributed by atoms with Crippen LogP contribution in [0.4, 0.5) is 0 Å². The molecular weight excluding hydrogens is 290 g/mol. The number of amides is 2. The molecule has 5 nitrogen and oxygen atoms in total. The molecule has 0 heterocycles. The van der Waals surface area contributed by atoms with Gasteiger partial charge in [-0.3, -0.25) is 9.59 Å². The fourth-order valence-electron chi connectivity index (χ4n) is 1.95. The number of carbonyl (C=O) groups excluding carboxylic acids is 2. The van der Waals surface area contributed by atoms with Crippen LogP contribution in [0.3, 0.4) is 0 Å². The van der Waals surface area contributed by atoms with E-state index in [2.05, 4.69) is 24.1 Å². The number of nitrogens with zero attached hydrogens (tertiary/aromatic N) is 2. The molecule has 128 valence electrons. The predicted octanol–water partition coefficient (Wildman–Crippen LogP) is 1.88. The number of benzene rings is 1. The Morgan fingerprint density at radius 3 is 2.26 bits per heavy atom. The third kappa shape index (κ3) is 6.82. The Balaban J connectivity index is 2.46. The predicted molar refractivity (Wildman–Crippen MR) is 92.9 cm³/mol. The highest BCUT2D eigenvalue weighted by atomic mass is 16.2. The van der Waals surface area contributed by atoms with E-state index in [-0.39, 0.29) is 17.4 Å². The standard InChI is InChI=1S/C18H29N3O2/c1-15(22)21(13-16-9-7-6-8-10-16)12-11-17(23)19-14-18(2,3)20(4)5/h6-10H,11-14H2,1-5H3,(H,19,23). The van der Waals surface area contributed by atoms with Crippen molar-refractivity contribution in [2.75, 3.05) is 27.2 Å². The molecule has 0 spiro atoms. The molecule has 23 heavy (non-hydrogen) atoms. The van der Waals surface area contributed by atoms with E-state index < -0.39 is 0 Å². The van der Waals surface area contributed by atoms with E-state index >= 15 is 0 Å². The zero-order valence-electron chi connectivity index (χ0n) is 14.9. The van der Waals surface area contributed by atoms with Crippen molar-refractivity contribution < 1.29 is 9.59 Å². The number of hydrogen-bond donors (Lipinski definition) is 1. The average molecular weight is 319 g/mol. The fourth-order valence-corrected chi connectivity index (χ4v) is 1.95. The van der Waals surface area contributed by atoms with Crippen LogP contribution < -0.4 is 5.32 Å². The number of rotatable bonds is 8. The average Bonchev–Trinajstić information content (AvgIpc) is 2.50. The summed E-state index contributed by atoms with van der Waals surface area (Å²) in [5, 5.41) is 2.94. The minimum Gasteiger partial charge on any atom is -0.354 e. The molecule has 0 bridgehead atoms. The van der Waals surface area contributed by atoms with Gasteiger partial charge in [-0.15, -0.1) is 0 Å². The van der Waals surface area contributed by atoms with Gasteiger partial charge in [-0.2, -0.15) is 0 Å². The fraction of sp³-hybridized carbons (Fsp3) is 0.556. The van der Waals surface area contributed by atoms with Crippen molar-refractivity contribution in [3.63, 3.8) is 0 Å². The Morgan fingerprint density at radius 1 is 1.13 bits per heavy atom. The third-order valence-corrected chi connectivity index (χ3v) is 4.20. The number of nitrogens with one attached hydrogen (secondary N) is 1. The second kappa shape index (κ2) is 8.67. The van der Waals surface area contributed by atoms with Crippen molar-refractivity contribution in [1.82, 2.24) is 15.1 Å². The van der Waals surface area contributed by atoms with Crippen molar-refractivity contribution in [2.45, 2.75) is 39.3 Å². The molecule has 1 aromatic rings. The highest BCUT2D eigenvalue weighted by Gasteiger charge is 2.21. The molecule has 1 aromatic carbocycles. The Labute approximate surface area is 139 Å². The van der Waals surface area contributed by atoms with Crippen LogP contribution in [-0.2, 0) is 16.1 Å². The molecule has 0 aliphatic heterocycles. The molecular formula is C18H29N3O2. The number of carbonyl (C=O) groups is 2. The van der Waals surface area contributed by atoms with Gasteiger partial charge in [0.2, 0.25) is 11.8 Å². The summed E-state index contributed by atoms with van der Waals surface area (Å²) in [4.78, 5) is 27.6. The summed E-state index contributed by atoms with van der Waals surface area (Å²) in [6, 6.07) is 9.81. The van der Waals surface area contributed by atoms with E-state index in [1.165, 1.54) is 6.92 Å². The SMILES string of the molecule is CC(=O)N(CCC(=O)NCC(C)(C)N(C)C)Cc1ccccc1. The van der Waals surface area contributed by atoms with Gasteiger partial charge in [-0.1, -0.05) is 30.3 Å². The van der Waals surface area contributed by atoms with E-state index in [1.807, 2.05) is 44.4 Å². The van der Waals surface area contributed by atoms with E-state index in [1.54, 1.807) is 4.90 Å². The molecule has 1 rings (SSSR count). The third-order valence-electron chi connectivity index (χ3n) is 4.20. The molecule has 5 heteroatoms. The highest BCUT2D eigenvalue weighted by Crippen LogP contribution is 2.08. The second-order valence-electron chi connectivity index (χ2n) is 6.66. The molecule has 0 aliphatic carbocycles. The van der Waals surface area contributed by atoms with E-state index in [0.717, 1.165) is 5.56 Å². The molecule has 0 aromatic heterocycles. The minimum absolute atomic E-state index is 0.0183. The van der Waals surface area contributed by atoms with Crippen molar-refractivity contribution in [2.24, 2.45) is 0 Å². The maximum atomic E-state index is 12.0. The quantitative estimate of drug-likeness (QED) is 0.796. The first-order valence-electron chi connectivity index (χ1n) is 7.96. The lowest BCUT2D eigenvalue weighted by molar-refractivity contribution is -0.130. The Bertz CT molecular complexity index is 512. The van der Waals surface area contributed by atoms with Gasteiger partial charge in [0.25, 0.3) is 0 Å². The molecule has 0 aliphatic rings. The largest absolute Gasteiger partial charge is 0.354 e. The summed E-state index contributed by atoms with van der Waals surface area (Å²) in [5.74, 6) is -0.0467. The van der Waals surface area contributed by atoms with E-state index in [4.69, 9.17) is 0 Å². The lowest BCUT2D eigenvalue weighted by atomic mass is 10.0. The summed E-state index contributed by atoms with van der Waals surface area (Å²) in [6.45, 7) is 7.23. The van der Waals surface area contributed by atoms with Gasteiger partial charge in [-0.05, 0) is 33.5 Å². The zero-order valence-corrected chi connectivity index (χ0v) is 14.9. The molecule has 0 saturated heterocycles. The Hall–Kier alpha value is -1.88. The number of hydrogen-bond acceptors (Lipinski definition) is 3. The Morgan fingerprint density at radius 2 is 1.74 bits per heavy atom. The summed E-state index contributed by atoms with van der Waals surface area (Å²) >= 11 is 0.